The maximum Gasteiger partial charge on any atom is 0.240 e. The quantitative estimate of drug-likeness (QED) is 0.905. The Morgan fingerprint density at radius 2 is 1.86 bits per heavy atom. The highest BCUT2D eigenvalue weighted by atomic mass is 16.2. The molecule has 0 saturated heterocycles. The van der Waals surface area contributed by atoms with Crippen molar-refractivity contribution in [2.45, 2.75) is 32.6 Å². The Morgan fingerprint density at radius 1 is 1.10 bits per heavy atom. The highest BCUT2D eigenvalue weighted by molar-refractivity contribution is 6.11. The number of hydrogen-bond donors (Lipinski definition) is 1. The second-order valence-corrected chi connectivity index (χ2v) is 5.43. The van der Waals surface area contributed by atoms with Crippen molar-refractivity contribution in [2.75, 3.05) is 0 Å². The molecule has 1 atom stereocenters. The Kier molecular flexibility index (Phi) is 3.64. The molecule has 1 unspecified atom stereocenters. The molecule has 1 aromatic rings. The van der Waals surface area contributed by atoms with Crippen LogP contribution in [0.1, 0.15) is 38.2 Å². The number of benzene rings is 1. The molecule has 5 nitrogen and oxygen atoms in total. The minimum atomic E-state index is -0.0531. The molecule has 3 rings (SSSR count). The van der Waals surface area contributed by atoms with Gasteiger partial charge in [0.25, 0.3) is 0 Å². The number of amides is 1. The van der Waals surface area contributed by atoms with E-state index in [9.17, 15) is 9.59 Å². The Balaban J connectivity index is 1.77. The number of Topliss-reactive ketones (excluding diaryl/α,β-unsaturated/α-hetero) is 1. The first-order valence-corrected chi connectivity index (χ1v) is 7.19. The van der Waals surface area contributed by atoms with Gasteiger partial charge in [0.2, 0.25) is 5.91 Å². The lowest BCUT2D eigenvalue weighted by Crippen LogP contribution is -2.25. The van der Waals surface area contributed by atoms with Crippen LogP contribution in [0.5, 0.6) is 0 Å². The molecule has 1 amide bonds. The highest BCUT2D eigenvalue weighted by Crippen LogP contribution is 2.23. The fraction of sp³-hybridized carbons (Fsp3) is 0.375. The van der Waals surface area contributed by atoms with E-state index in [-0.39, 0.29) is 17.6 Å². The van der Waals surface area contributed by atoms with Crippen molar-refractivity contribution >= 4 is 28.8 Å². The number of hydrazone groups is 1. The number of carbonyl (C=O) groups excluding carboxylic acids is 2. The van der Waals surface area contributed by atoms with Gasteiger partial charge in [-0.15, -0.1) is 0 Å². The zero-order valence-corrected chi connectivity index (χ0v) is 11.9. The molecule has 2 aliphatic rings. The molecule has 1 aromatic carbocycles. The van der Waals surface area contributed by atoms with Crippen LogP contribution in [0.4, 0.5) is 5.69 Å². The van der Waals surface area contributed by atoms with Crippen molar-refractivity contribution in [3.8, 4) is 0 Å². The van der Waals surface area contributed by atoms with Crippen LogP contribution in [0.15, 0.2) is 34.4 Å². The van der Waals surface area contributed by atoms with Gasteiger partial charge in [-0.2, -0.15) is 5.10 Å². The van der Waals surface area contributed by atoms with E-state index in [0.29, 0.717) is 19.3 Å². The van der Waals surface area contributed by atoms with Crippen molar-refractivity contribution in [1.82, 2.24) is 5.43 Å². The highest BCUT2D eigenvalue weighted by Gasteiger charge is 2.26. The summed E-state index contributed by atoms with van der Waals surface area (Å²) in [6, 6.07) is 7.77. The lowest BCUT2D eigenvalue weighted by Gasteiger charge is -2.12. The van der Waals surface area contributed by atoms with Gasteiger partial charge in [0, 0.05) is 25.0 Å². The molecule has 1 N–H and O–H groups in total. The van der Waals surface area contributed by atoms with Crippen molar-refractivity contribution in [3.63, 3.8) is 0 Å². The summed E-state index contributed by atoms with van der Waals surface area (Å²) in [6.07, 6.45) is 2.50. The van der Waals surface area contributed by atoms with Crippen LogP contribution in [0.3, 0.4) is 0 Å². The molecule has 1 aliphatic heterocycles. The van der Waals surface area contributed by atoms with E-state index in [2.05, 4.69) is 15.5 Å². The summed E-state index contributed by atoms with van der Waals surface area (Å²) < 4.78 is 0. The van der Waals surface area contributed by atoms with Crippen molar-refractivity contribution in [3.05, 3.63) is 29.8 Å². The van der Waals surface area contributed by atoms with Crippen LogP contribution in [-0.2, 0) is 9.59 Å². The van der Waals surface area contributed by atoms with E-state index in [1.807, 2.05) is 31.2 Å². The Labute approximate surface area is 123 Å². The Morgan fingerprint density at radius 3 is 2.43 bits per heavy atom. The molecule has 5 heteroatoms. The number of carbonyl (C=O) groups is 2. The lowest BCUT2D eigenvalue weighted by molar-refractivity contribution is -0.121. The van der Waals surface area contributed by atoms with E-state index in [4.69, 9.17) is 0 Å². The van der Waals surface area contributed by atoms with Gasteiger partial charge in [-0.1, -0.05) is 19.1 Å². The number of nitrogens with one attached hydrogen (secondary N) is 1. The molecule has 1 aliphatic carbocycles. The largest absolute Gasteiger partial charge is 0.299 e. The first-order chi connectivity index (χ1) is 10.1. The van der Waals surface area contributed by atoms with Gasteiger partial charge in [0.1, 0.15) is 5.78 Å². The van der Waals surface area contributed by atoms with Crippen molar-refractivity contribution in [1.29, 1.82) is 0 Å². The standard InChI is InChI=1S/C16H17N3O2/c1-10-13(6-8-15(10)20)17-12-4-2-11(3-5-12)14-7-9-16(21)19-18-14/h2-5,10H,6-9H2,1H3,(H,19,21). The second kappa shape index (κ2) is 5.60. The predicted molar refractivity (Wildman–Crippen MR) is 80.9 cm³/mol. The predicted octanol–water partition coefficient (Wildman–Crippen LogP) is 2.37. The van der Waals surface area contributed by atoms with Crippen LogP contribution in [0.25, 0.3) is 0 Å². The van der Waals surface area contributed by atoms with E-state index in [0.717, 1.165) is 29.1 Å². The molecule has 1 saturated carbocycles. The van der Waals surface area contributed by atoms with E-state index < -0.39 is 0 Å². The fourth-order valence-corrected chi connectivity index (χ4v) is 2.60. The summed E-state index contributed by atoms with van der Waals surface area (Å²) in [5.41, 5.74) is 6.21. The molecule has 0 aromatic heterocycles. The molecule has 0 bridgehead atoms. The fourth-order valence-electron chi connectivity index (χ4n) is 2.60. The summed E-state index contributed by atoms with van der Waals surface area (Å²) in [7, 11) is 0. The third-order valence-electron chi connectivity index (χ3n) is 3.99. The van der Waals surface area contributed by atoms with Crippen molar-refractivity contribution < 1.29 is 9.59 Å². The van der Waals surface area contributed by atoms with Gasteiger partial charge in [-0.05, 0) is 24.1 Å². The van der Waals surface area contributed by atoms with Crippen molar-refractivity contribution in [2.24, 2.45) is 16.0 Å². The number of ketones is 1. The molecular weight excluding hydrogens is 266 g/mol. The minimum absolute atomic E-state index is 0.0401. The maximum atomic E-state index is 11.5. The SMILES string of the molecule is CC1C(=O)CCC1=Nc1ccc(C2=NNC(=O)CC2)cc1. The van der Waals surface area contributed by atoms with Gasteiger partial charge in [0.15, 0.2) is 0 Å². The number of nitrogens with zero attached hydrogens (tertiary/aromatic N) is 2. The van der Waals surface area contributed by atoms with Crippen LogP contribution in [0.2, 0.25) is 0 Å². The van der Waals surface area contributed by atoms with Gasteiger partial charge in [0.05, 0.1) is 17.3 Å². The zero-order valence-electron chi connectivity index (χ0n) is 11.9. The maximum absolute atomic E-state index is 11.5. The average Bonchev–Trinajstić information content (AvgIpc) is 2.81. The Hall–Kier alpha value is -2.30. The summed E-state index contributed by atoms with van der Waals surface area (Å²) >= 11 is 0. The average molecular weight is 283 g/mol. The molecule has 108 valence electrons. The summed E-state index contributed by atoms with van der Waals surface area (Å²) in [4.78, 5) is 27.2. The topological polar surface area (TPSA) is 70.9 Å². The van der Waals surface area contributed by atoms with Crippen LogP contribution < -0.4 is 5.43 Å². The van der Waals surface area contributed by atoms with Gasteiger partial charge < -0.3 is 0 Å². The minimum Gasteiger partial charge on any atom is -0.299 e. The monoisotopic (exact) mass is 283 g/mol. The second-order valence-electron chi connectivity index (χ2n) is 5.43. The molecule has 21 heavy (non-hydrogen) atoms. The van der Waals surface area contributed by atoms with Gasteiger partial charge in [-0.3, -0.25) is 14.6 Å². The molecule has 1 heterocycles. The van der Waals surface area contributed by atoms with Crippen LogP contribution in [-0.4, -0.2) is 23.1 Å². The van der Waals surface area contributed by atoms with E-state index in [1.54, 1.807) is 0 Å². The third kappa shape index (κ3) is 2.91. The summed E-state index contributed by atoms with van der Waals surface area (Å²) in [5.74, 6) is 0.182. The third-order valence-corrected chi connectivity index (χ3v) is 3.99. The molecule has 0 spiro atoms. The van der Waals surface area contributed by atoms with E-state index >= 15 is 0 Å². The van der Waals surface area contributed by atoms with Gasteiger partial charge >= 0.3 is 0 Å². The first-order valence-electron chi connectivity index (χ1n) is 7.19. The van der Waals surface area contributed by atoms with Crippen LogP contribution in [0, 0.1) is 5.92 Å². The normalized spacial score (nSPS) is 24.1. The lowest BCUT2D eigenvalue weighted by atomic mass is 10.0. The van der Waals surface area contributed by atoms with Crippen LogP contribution >= 0.6 is 0 Å². The molecular formula is C16H17N3O2. The Bertz CT molecular complexity index is 644. The first kappa shape index (κ1) is 13.7. The van der Waals surface area contributed by atoms with Gasteiger partial charge in [-0.25, -0.2) is 5.43 Å². The number of rotatable bonds is 2. The smallest absolute Gasteiger partial charge is 0.240 e. The molecule has 1 fully saturated rings. The molecule has 0 radical (unpaired) electrons. The summed E-state index contributed by atoms with van der Waals surface area (Å²) in [6.45, 7) is 1.92. The number of aliphatic imine (C=N–C) groups is 1. The van der Waals surface area contributed by atoms with E-state index in [1.165, 1.54) is 0 Å². The number of hydrogen-bond acceptors (Lipinski definition) is 4. The summed E-state index contributed by atoms with van der Waals surface area (Å²) in [5, 5.41) is 4.07. The zero-order chi connectivity index (χ0) is 14.8.